The second-order valence-electron chi connectivity index (χ2n) is 6.51. The lowest BCUT2D eigenvalue weighted by molar-refractivity contribution is -0.147. The molecule has 27 heavy (non-hydrogen) atoms. The number of nitrogens with two attached hydrogens (primary N) is 1. The number of fused-ring (bicyclic) bond motifs is 1. The van der Waals surface area contributed by atoms with Crippen molar-refractivity contribution >= 4 is 35.2 Å². The van der Waals surface area contributed by atoms with Crippen LogP contribution in [-0.4, -0.2) is 56.6 Å². The number of thioether (sulfide) groups is 1. The first kappa shape index (κ1) is 17.6. The fourth-order valence-electron chi connectivity index (χ4n) is 3.49. The van der Waals surface area contributed by atoms with Crippen LogP contribution in [-0.2, 0) is 14.4 Å². The third kappa shape index (κ3) is 2.79. The van der Waals surface area contributed by atoms with E-state index in [1.165, 1.54) is 28.8 Å². The van der Waals surface area contributed by atoms with Crippen LogP contribution >= 0.6 is 11.8 Å². The summed E-state index contributed by atoms with van der Waals surface area (Å²) in [6.07, 6.45) is 2.06. The lowest BCUT2D eigenvalue weighted by Gasteiger charge is -2.47. The smallest absolute Gasteiger partial charge is 0.352 e. The molecule has 0 unspecified atom stereocenters. The van der Waals surface area contributed by atoms with Gasteiger partial charge in [-0.2, -0.15) is 0 Å². The molecule has 3 aliphatic heterocycles. The molecule has 2 fully saturated rings. The van der Waals surface area contributed by atoms with Crippen LogP contribution in [0.15, 0.2) is 47.2 Å². The number of allylic oxidation sites excluding steroid dienone is 1. The van der Waals surface area contributed by atoms with Crippen molar-refractivity contribution < 1.29 is 24.6 Å². The zero-order chi connectivity index (χ0) is 19.3. The summed E-state index contributed by atoms with van der Waals surface area (Å²) in [6, 6.07) is 5.63. The molecule has 0 aromatic heterocycles. The Kier molecular flexibility index (Phi) is 4.20. The first-order chi connectivity index (χ1) is 12.9. The Hall–Kier alpha value is -2.78. The van der Waals surface area contributed by atoms with E-state index in [0.29, 0.717) is 35.6 Å². The number of anilines is 1. The zero-order valence-electron chi connectivity index (χ0n) is 14.2. The van der Waals surface area contributed by atoms with Gasteiger partial charge in [-0.05, 0) is 42.3 Å². The molecule has 4 N–H and O–H groups in total. The molecule has 3 aliphatic rings. The molecule has 0 bridgehead atoms. The predicted octanol–water partition coefficient (Wildman–Crippen LogP) is 0.636. The number of carbonyl (C=O) groups excluding carboxylic acids is 2. The van der Waals surface area contributed by atoms with Gasteiger partial charge in [0.2, 0.25) is 5.91 Å². The van der Waals surface area contributed by atoms with Gasteiger partial charge in [-0.15, -0.1) is 11.8 Å². The molecule has 8 nitrogen and oxygen atoms in total. The number of phenols is 1. The van der Waals surface area contributed by atoms with Crippen LogP contribution in [0.5, 0.6) is 5.75 Å². The lowest BCUT2D eigenvalue weighted by Crippen LogP contribution is -2.68. The van der Waals surface area contributed by atoms with E-state index < -0.39 is 17.9 Å². The molecule has 2 atom stereocenters. The van der Waals surface area contributed by atoms with E-state index >= 15 is 0 Å². The van der Waals surface area contributed by atoms with E-state index in [1.807, 2.05) is 0 Å². The van der Waals surface area contributed by atoms with Crippen LogP contribution in [0.3, 0.4) is 0 Å². The average molecular weight is 387 g/mol. The molecule has 1 aromatic carbocycles. The van der Waals surface area contributed by atoms with E-state index in [2.05, 4.69) is 0 Å². The number of hydrogen-bond acceptors (Lipinski definition) is 6. The van der Waals surface area contributed by atoms with Gasteiger partial charge in [0, 0.05) is 23.6 Å². The Morgan fingerprint density at radius 3 is 2.63 bits per heavy atom. The quantitative estimate of drug-likeness (QED) is 0.513. The van der Waals surface area contributed by atoms with Crippen molar-refractivity contribution in [1.29, 1.82) is 0 Å². The molecule has 9 heteroatoms. The normalized spacial score (nSPS) is 26.5. The third-order valence-electron chi connectivity index (χ3n) is 4.88. The van der Waals surface area contributed by atoms with E-state index in [-0.39, 0.29) is 22.7 Å². The van der Waals surface area contributed by atoms with Gasteiger partial charge >= 0.3 is 5.97 Å². The number of nitrogens with zero attached hydrogens (tertiary/aromatic N) is 2. The molecular formula is C18H17N3O5S. The largest absolute Gasteiger partial charge is 0.508 e. The topological polar surface area (TPSA) is 124 Å². The van der Waals surface area contributed by atoms with Crippen LogP contribution in [0.4, 0.5) is 5.69 Å². The van der Waals surface area contributed by atoms with Gasteiger partial charge in [0.1, 0.15) is 22.9 Å². The molecule has 0 saturated carbocycles. The molecular weight excluding hydrogens is 370 g/mol. The van der Waals surface area contributed by atoms with Crippen molar-refractivity contribution in [2.24, 2.45) is 5.73 Å². The molecule has 0 spiro atoms. The lowest BCUT2D eigenvalue weighted by atomic mass is 10.0. The van der Waals surface area contributed by atoms with E-state index in [1.54, 1.807) is 23.1 Å². The number of carboxylic acids is 1. The molecule has 2 saturated heterocycles. The third-order valence-corrected chi connectivity index (χ3v) is 6.20. The number of amides is 2. The number of phenolic OH excluding ortho intramolecular Hbond substituents is 1. The van der Waals surface area contributed by atoms with Crippen molar-refractivity contribution in [1.82, 2.24) is 4.90 Å². The van der Waals surface area contributed by atoms with Gasteiger partial charge in [-0.25, -0.2) is 4.79 Å². The minimum atomic E-state index is -1.20. The number of β-lactam (4-membered cyclic amide) rings is 1. The van der Waals surface area contributed by atoms with Crippen molar-refractivity contribution in [2.75, 3.05) is 17.2 Å². The Balaban J connectivity index is 1.64. The van der Waals surface area contributed by atoms with Gasteiger partial charge in [0.05, 0.1) is 0 Å². The second-order valence-corrected chi connectivity index (χ2v) is 7.61. The number of hydrogen-bond donors (Lipinski definition) is 3. The first-order valence-corrected chi connectivity index (χ1v) is 9.41. The Bertz CT molecular complexity index is 908. The molecule has 2 amide bonds. The van der Waals surface area contributed by atoms with Gasteiger partial charge < -0.3 is 20.8 Å². The molecule has 1 aromatic rings. The van der Waals surface area contributed by atoms with E-state index in [4.69, 9.17) is 5.73 Å². The Labute approximate surface area is 158 Å². The number of rotatable bonds is 3. The Morgan fingerprint density at radius 1 is 1.26 bits per heavy atom. The van der Waals surface area contributed by atoms with Gasteiger partial charge in [0.25, 0.3) is 5.91 Å². The van der Waals surface area contributed by atoms with Crippen LogP contribution in [0.25, 0.3) is 0 Å². The van der Waals surface area contributed by atoms with Gasteiger partial charge in [-0.3, -0.25) is 14.5 Å². The van der Waals surface area contributed by atoms with Crippen molar-refractivity contribution in [3.05, 3.63) is 47.2 Å². The average Bonchev–Trinajstić information content (AvgIpc) is 3.01. The minimum Gasteiger partial charge on any atom is -0.508 e. The summed E-state index contributed by atoms with van der Waals surface area (Å²) in [5.74, 6) is -1.34. The summed E-state index contributed by atoms with van der Waals surface area (Å²) in [4.78, 5) is 39.3. The fraction of sp³-hybridized carbons (Fsp3) is 0.278. The maximum atomic E-state index is 12.7. The fourth-order valence-corrected chi connectivity index (χ4v) is 4.74. The zero-order valence-corrected chi connectivity index (χ0v) is 15.0. The summed E-state index contributed by atoms with van der Waals surface area (Å²) >= 11 is 1.40. The highest BCUT2D eigenvalue weighted by Crippen LogP contribution is 2.40. The summed E-state index contributed by atoms with van der Waals surface area (Å²) in [5.41, 5.74) is 7.25. The maximum Gasteiger partial charge on any atom is 0.352 e. The number of carboxylic acid groups (broad SMARTS) is 1. The standard InChI is InChI=1S/C18H17N3O5S/c19-13-16(24)21-14(18(25)26)10(8-27-17(13)21)7-9-5-6-20(15(9)23)11-1-3-12(22)4-2-11/h1-4,7,13,17,22H,5-6,8,19H2,(H,25,26)/t13-,17-/m1/s1. The van der Waals surface area contributed by atoms with Crippen LogP contribution in [0.1, 0.15) is 6.42 Å². The summed E-state index contributed by atoms with van der Waals surface area (Å²) in [7, 11) is 0. The molecule has 140 valence electrons. The number of aromatic hydroxyl groups is 1. The summed E-state index contributed by atoms with van der Waals surface area (Å²) in [5, 5.41) is 18.6. The highest BCUT2D eigenvalue weighted by Gasteiger charge is 2.51. The molecule has 0 radical (unpaired) electrons. The molecule has 0 aliphatic carbocycles. The van der Waals surface area contributed by atoms with E-state index in [0.717, 1.165) is 0 Å². The highest BCUT2D eigenvalue weighted by atomic mass is 32.2. The van der Waals surface area contributed by atoms with Crippen LogP contribution < -0.4 is 10.6 Å². The number of benzene rings is 1. The van der Waals surface area contributed by atoms with E-state index in [9.17, 15) is 24.6 Å². The monoisotopic (exact) mass is 387 g/mol. The Morgan fingerprint density at radius 2 is 1.96 bits per heavy atom. The second kappa shape index (κ2) is 6.43. The van der Waals surface area contributed by atoms with Gasteiger partial charge in [-0.1, -0.05) is 0 Å². The first-order valence-electron chi connectivity index (χ1n) is 8.36. The number of carbonyl (C=O) groups is 3. The van der Waals surface area contributed by atoms with Crippen molar-refractivity contribution in [2.45, 2.75) is 17.8 Å². The SMILES string of the molecule is N[C@@H]1C(=O)N2C(C(=O)O)=C(C=C3CCN(c4ccc(O)cc4)C3=O)CS[C@H]12. The predicted molar refractivity (Wildman–Crippen MR) is 98.9 cm³/mol. The number of aliphatic carboxylic acids is 1. The highest BCUT2D eigenvalue weighted by molar-refractivity contribution is 8.00. The van der Waals surface area contributed by atoms with Crippen LogP contribution in [0, 0.1) is 0 Å². The summed E-state index contributed by atoms with van der Waals surface area (Å²) < 4.78 is 0. The minimum absolute atomic E-state index is 0.0890. The van der Waals surface area contributed by atoms with Crippen molar-refractivity contribution in [3.8, 4) is 5.75 Å². The summed E-state index contributed by atoms with van der Waals surface area (Å²) in [6.45, 7) is 0.467. The van der Waals surface area contributed by atoms with Crippen LogP contribution in [0.2, 0.25) is 0 Å². The van der Waals surface area contributed by atoms with Gasteiger partial charge in [0.15, 0.2) is 0 Å². The molecule has 3 heterocycles. The van der Waals surface area contributed by atoms with Crippen molar-refractivity contribution in [3.63, 3.8) is 0 Å². The molecule has 4 rings (SSSR count). The maximum absolute atomic E-state index is 12.7.